The first kappa shape index (κ1) is 14.3. The van der Waals surface area contributed by atoms with Crippen LogP contribution in [0.3, 0.4) is 0 Å². The van der Waals surface area contributed by atoms with Crippen LogP contribution < -0.4 is 5.73 Å². The summed E-state index contributed by atoms with van der Waals surface area (Å²) in [5, 5.41) is 0. The maximum absolute atomic E-state index is 6.37. The van der Waals surface area contributed by atoms with Crippen LogP contribution in [0.5, 0.6) is 0 Å². The summed E-state index contributed by atoms with van der Waals surface area (Å²) >= 11 is 0. The molecule has 3 atom stereocenters. The molecule has 110 valence electrons. The van der Waals surface area contributed by atoms with Gasteiger partial charge in [0.25, 0.3) is 0 Å². The van der Waals surface area contributed by atoms with Gasteiger partial charge in [0.15, 0.2) is 0 Å². The molecule has 3 unspecified atom stereocenters. The Labute approximate surface area is 126 Å². The summed E-state index contributed by atoms with van der Waals surface area (Å²) in [6, 6.07) is 19.2. The van der Waals surface area contributed by atoms with E-state index >= 15 is 0 Å². The van der Waals surface area contributed by atoms with Crippen LogP contribution >= 0.6 is 0 Å². The van der Waals surface area contributed by atoms with Crippen LogP contribution in [0.25, 0.3) is 0 Å². The molecule has 1 heterocycles. The van der Waals surface area contributed by atoms with E-state index in [0.717, 1.165) is 19.4 Å². The molecule has 1 fully saturated rings. The second-order valence-electron chi connectivity index (χ2n) is 6.03. The van der Waals surface area contributed by atoms with Gasteiger partial charge >= 0.3 is 0 Å². The smallest absolute Gasteiger partial charge is 0.0793 e. The van der Waals surface area contributed by atoms with Crippen molar-refractivity contribution in [1.82, 2.24) is 0 Å². The molecule has 2 aromatic carbocycles. The Morgan fingerprint density at radius 1 is 1.05 bits per heavy atom. The molecule has 2 nitrogen and oxygen atoms in total. The van der Waals surface area contributed by atoms with Crippen LogP contribution in [0.15, 0.2) is 54.6 Å². The first-order chi connectivity index (χ1) is 10.2. The third-order valence-electron chi connectivity index (χ3n) is 4.41. The summed E-state index contributed by atoms with van der Waals surface area (Å²) < 4.78 is 5.78. The lowest BCUT2D eigenvalue weighted by Gasteiger charge is -2.23. The lowest BCUT2D eigenvalue weighted by Crippen LogP contribution is -2.29. The third kappa shape index (κ3) is 3.34. The molecule has 3 rings (SSSR count). The van der Waals surface area contributed by atoms with E-state index < -0.39 is 0 Å². The van der Waals surface area contributed by atoms with E-state index in [-0.39, 0.29) is 12.1 Å². The van der Waals surface area contributed by atoms with Crippen molar-refractivity contribution in [3.05, 3.63) is 71.3 Å². The Morgan fingerprint density at radius 3 is 2.33 bits per heavy atom. The number of nitrogens with two attached hydrogens (primary N) is 1. The fourth-order valence-corrected chi connectivity index (χ4v) is 3.06. The van der Waals surface area contributed by atoms with Crippen LogP contribution in [0.1, 0.15) is 36.1 Å². The zero-order chi connectivity index (χ0) is 14.7. The fraction of sp³-hybridized carbons (Fsp3) is 0.368. The minimum absolute atomic E-state index is 0.0201. The Kier molecular flexibility index (Phi) is 4.37. The lowest BCUT2D eigenvalue weighted by molar-refractivity contribution is 0.0725. The molecule has 0 aromatic heterocycles. The summed E-state index contributed by atoms with van der Waals surface area (Å²) in [5.74, 6) is 0.545. The van der Waals surface area contributed by atoms with Gasteiger partial charge in [-0.2, -0.15) is 0 Å². The molecule has 0 spiro atoms. The molecule has 0 saturated carbocycles. The molecule has 0 bridgehead atoms. The zero-order valence-corrected chi connectivity index (χ0v) is 12.5. The molecule has 2 heteroatoms. The molecular weight excluding hydrogens is 258 g/mol. The normalized spacial score (nSPS) is 23.1. The van der Waals surface area contributed by atoms with E-state index in [4.69, 9.17) is 10.5 Å². The first-order valence-corrected chi connectivity index (χ1v) is 7.74. The van der Waals surface area contributed by atoms with Crippen LogP contribution in [0, 0.1) is 5.92 Å². The van der Waals surface area contributed by atoms with E-state index in [1.165, 1.54) is 16.7 Å². The van der Waals surface area contributed by atoms with Crippen LogP contribution in [-0.4, -0.2) is 12.7 Å². The third-order valence-corrected chi connectivity index (χ3v) is 4.41. The molecule has 21 heavy (non-hydrogen) atoms. The minimum atomic E-state index is -0.0201. The molecule has 1 aliphatic rings. The number of hydrogen-bond donors (Lipinski definition) is 1. The minimum Gasteiger partial charge on any atom is -0.376 e. The maximum Gasteiger partial charge on any atom is 0.0793 e. The number of hydrogen-bond acceptors (Lipinski definition) is 2. The Bertz CT molecular complexity index is 564. The highest BCUT2D eigenvalue weighted by atomic mass is 16.5. The van der Waals surface area contributed by atoms with Gasteiger partial charge in [-0.3, -0.25) is 0 Å². The van der Waals surface area contributed by atoms with Crippen LogP contribution in [-0.2, 0) is 11.2 Å². The second kappa shape index (κ2) is 6.42. The van der Waals surface area contributed by atoms with Crippen molar-refractivity contribution in [2.45, 2.75) is 31.9 Å². The summed E-state index contributed by atoms with van der Waals surface area (Å²) in [6.45, 7) is 3.06. The van der Waals surface area contributed by atoms with Gasteiger partial charge in [-0.05, 0) is 35.4 Å². The predicted molar refractivity (Wildman–Crippen MR) is 86.1 cm³/mol. The predicted octanol–water partition coefficient (Wildman–Crippen LogP) is 3.70. The molecule has 0 amide bonds. The molecule has 1 saturated heterocycles. The van der Waals surface area contributed by atoms with Crippen LogP contribution in [0.2, 0.25) is 0 Å². The highest BCUT2D eigenvalue weighted by Crippen LogP contribution is 2.29. The summed E-state index contributed by atoms with van der Waals surface area (Å²) in [7, 11) is 0. The largest absolute Gasteiger partial charge is 0.376 e. The van der Waals surface area contributed by atoms with Crippen molar-refractivity contribution < 1.29 is 4.74 Å². The lowest BCUT2D eigenvalue weighted by atomic mass is 9.92. The topological polar surface area (TPSA) is 35.2 Å². The average Bonchev–Trinajstić information content (AvgIpc) is 2.94. The molecule has 1 aliphatic heterocycles. The Hall–Kier alpha value is -1.64. The summed E-state index contributed by atoms with van der Waals surface area (Å²) in [5.41, 5.74) is 10.2. The molecule has 0 radical (unpaired) electrons. The van der Waals surface area contributed by atoms with Crippen molar-refractivity contribution >= 4 is 0 Å². The zero-order valence-electron chi connectivity index (χ0n) is 12.5. The average molecular weight is 281 g/mol. The van der Waals surface area contributed by atoms with E-state index in [1.807, 2.05) is 6.07 Å². The van der Waals surface area contributed by atoms with Crippen molar-refractivity contribution in [3.63, 3.8) is 0 Å². The van der Waals surface area contributed by atoms with Crippen LogP contribution in [0.4, 0.5) is 0 Å². The first-order valence-electron chi connectivity index (χ1n) is 7.74. The highest BCUT2D eigenvalue weighted by Gasteiger charge is 2.30. The van der Waals surface area contributed by atoms with Crippen molar-refractivity contribution in [2.24, 2.45) is 11.7 Å². The summed E-state index contributed by atoms with van der Waals surface area (Å²) in [6.07, 6.45) is 2.24. The second-order valence-corrected chi connectivity index (χ2v) is 6.03. The maximum atomic E-state index is 6.37. The fourth-order valence-electron chi connectivity index (χ4n) is 3.06. The van der Waals surface area contributed by atoms with E-state index in [2.05, 4.69) is 55.5 Å². The Morgan fingerprint density at radius 2 is 1.71 bits per heavy atom. The van der Waals surface area contributed by atoms with Gasteiger partial charge in [0.1, 0.15) is 0 Å². The molecule has 2 aromatic rings. The van der Waals surface area contributed by atoms with Gasteiger partial charge in [0, 0.05) is 6.61 Å². The van der Waals surface area contributed by atoms with Crippen molar-refractivity contribution in [1.29, 1.82) is 0 Å². The van der Waals surface area contributed by atoms with Gasteiger partial charge in [-0.25, -0.2) is 0 Å². The molecule has 2 N–H and O–H groups in total. The number of rotatable bonds is 4. The van der Waals surface area contributed by atoms with E-state index in [9.17, 15) is 0 Å². The SMILES string of the molecule is CC1CCOC1C(N)c1ccc(Cc2ccccc2)cc1. The number of benzene rings is 2. The molecule has 0 aliphatic carbocycles. The standard InChI is InChI=1S/C19H23NO/c1-14-11-12-21-19(14)18(20)17-9-7-16(8-10-17)13-15-5-3-2-4-6-15/h2-10,14,18-19H,11-13,20H2,1H3. The van der Waals surface area contributed by atoms with Gasteiger partial charge < -0.3 is 10.5 Å². The van der Waals surface area contributed by atoms with Gasteiger partial charge in [0.05, 0.1) is 12.1 Å². The summed E-state index contributed by atoms with van der Waals surface area (Å²) in [4.78, 5) is 0. The molecular formula is C19H23NO. The van der Waals surface area contributed by atoms with Crippen molar-refractivity contribution in [2.75, 3.05) is 6.61 Å². The van der Waals surface area contributed by atoms with Gasteiger partial charge in [0.2, 0.25) is 0 Å². The highest BCUT2D eigenvalue weighted by molar-refractivity contribution is 5.30. The monoisotopic (exact) mass is 281 g/mol. The van der Waals surface area contributed by atoms with E-state index in [1.54, 1.807) is 0 Å². The Balaban J connectivity index is 1.69. The van der Waals surface area contributed by atoms with Gasteiger partial charge in [-0.1, -0.05) is 61.5 Å². The number of ether oxygens (including phenoxy) is 1. The van der Waals surface area contributed by atoms with Gasteiger partial charge in [-0.15, -0.1) is 0 Å². The quantitative estimate of drug-likeness (QED) is 0.927. The van der Waals surface area contributed by atoms with E-state index in [0.29, 0.717) is 5.92 Å². The van der Waals surface area contributed by atoms with Crippen molar-refractivity contribution in [3.8, 4) is 0 Å².